The highest BCUT2D eigenvalue weighted by Crippen LogP contribution is 2.26. The van der Waals surface area contributed by atoms with Crippen LogP contribution in [0.2, 0.25) is 0 Å². The Morgan fingerprint density at radius 1 is 0.976 bits per heavy atom. The number of hydrogen-bond donors (Lipinski definition) is 3. The standard InChI is InChI=1S/C33H41FN4O3.ClH/c1-33(2,3)32(41)38-19-8-14-29(38)31(40)37-28(21-23-15-16-24-10-4-5-11-25(24)20-23)30(39)36-18-9-17-35-22-26-12-6-7-13-27(26)34;/h4-7,10-13,15-16,20,28-29,35H,8-9,14,17-19,21-22H2,1-3H3,(H,36,39)(H,37,40);1H/t28-,29+;/m1./s1. The van der Waals surface area contributed by atoms with Crippen LogP contribution in [0.15, 0.2) is 66.7 Å². The molecule has 3 aromatic carbocycles. The first-order valence-corrected chi connectivity index (χ1v) is 14.4. The summed E-state index contributed by atoms with van der Waals surface area (Å²) in [7, 11) is 0. The van der Waals surface area contributed by atoms with Crippen molar-refractivity contribution >= 4 is 40.9 Å². The molecule has 3 amide bonds. The Morgan fingerprint density at radius 2 is 1.69 bits per heavy atom. The van der Waals surface area contributed by atoms with E-state index in [1.807, 2.05) is 63.2 Å². The van der Waals surface area contributed by atoms with Gasteiger partial charge in [-0.05, 0) is 48.2 Å². The molecule has 0 saturated carbocycles. The maximum Gasteiger partial charge on any atom is 0.243 e. The van der Waals surface area contributed by atoms with Gasteiger partial charge in [-0.15, -0.1) is 12.4 Å². The zero-order valence-electron chi connectivity index (χ0n) is 24.6. The van der Waals surface area contributed by atoms with E-state index in [9.17, 15) is 18.8 Å². The molecule has 0 aliphatic carbocycles. The molecule has 0 unspecified atom stereocenters. The molecule has 9 heteroatoms. The van der Waals surface area contributed by atoms with Crippen LogP contribution in [0.25, 0.3) is 10.8 Å². The average Bonchev–Trinajstić information content (AvgIpc) is 3.44. The lowest BCUT2D eigenvalue weighted by molar-refractivity contribution is -0.145. The summed E-state index contributed by atoms with van der Waals surface area (Å²) < 4.78 is 13.8. The normalized spacial score (nSPS) is 15.6. The minimum Gasteiger partial charge on any atom is -0.354 e. The van der Waals surface area contributed by atoms with E-state index < -0.39 is 17.5 Å². The number of nitrogens with zero attached hydrogens (tertiary/aromatic N) is 1. The van der Waals surface area contributed by atoms with E-state index in [0.29, 0.717) is 51.0 Å². The third-order valence-corrected chi connectivity index (χ3v) is 7.45. The number of rotatable bonds is 11. The van der Waals surface area contributed by atoms with Crippen molar-refractivity contribution in [2.45, 2.75) is 65.1 Å². The van der Waals surface area contributed by atoms with Gasteiger partial charge in [-0.2, -0.15) is 0 Å². The van der Waals surface area contributed by atoms with Gasteiger partial charge in [0.2, 0.25) is 17.7 Å². The van der Waals surface area contributed by atoms with Crippen LogP contribution in [0, 0.1) is 11.2 Å². The lowest BCUT2D eigenvalue weighted by Gasteiger charge is -2.31. The van der Waals surface area contributed by atoms with Crippen LogP contribution in [0.5, 0.6) is 0 Å². The second kappa shape index (κ2) is 15.1. The van der Waals surface area contributed by atoms with Crippen LogP contribution in [0.1, 0.15) is 51.2 Å². The van der Waals surface area contributed by atoms with Crippen molar-refractivity contribution in [1.82, 2.24) is 20.9 Å². The number of halogens is 2. The van der Waals surface area contributed by atoms with Crippen molar-refractivity contribution in [3.05, 3.63) is 83.7 Å². The summed E-state index contributed by atoms with van der Waals surface area (Å²) in [4.78, 5) is 41.5. The Hall–Kier alpha value is -3.49. The number of nitrogens with one attached hydrogen (secondary N) is 3. The summed E-state index contributed by atoms with van der Waals surface area (Å²) in [5.74, 6) is -0.876. The molecular weight excluding hydrogens is 555 g/mol. The molecule has 0 aromatic heterocycles. The first kappa shape index (κ1) is 33.0. The molecule has 0 bridgehead atoms. The lowest BCUT2D eigenvalue weighted by Crippen LogP contribution is -2.55. The predicted molar refractivity (Wildman–Crippen MR) is 167 cm³/mol. The third kappa shape index (κ3) is 8.76. The number of carbonyl (C=O) groups excluding carboxylic acids is 3. The van der Waals surface area contributed by atoms with Gasteiger partial charge < -0.3 is 20.9 Å². The summed E-state index contributed by atoms with van der Waals surface area (Å²) in [5, 5.41) is 11.3. The number of likely N-dealkylation sites (tertiary alicyclic amines) is 1. The molecule has 7 nitrogen and oxygen atoms in total. The zero-order valence-corrected chi connectivity index (χ0v) is 25.4. The Bertz CT molecular complexity index is 1380. The molecule has 0 radical (unpaired) electrons. The second-order valence-corrected chi connectivity index (χ2v) is 11.8. The Balaban J connectivity index is 0.00000484. The molecule has 3 aromatic rings. The molecule has 4 rings (SSSR count). The van der Waals surface area contributed by atoms with Crippen molar-refractivity contribution in [3.8, 4) is 0 Å². The molecule has 226 valence electrons. The van der Waals surface area contributed by atoms with Crippen LogP contribution >= 0.6 is 12.4 Å². The smallest absolute Gasteiger partial charge is 0.243 e. The lowest BCUT2D eigenvalue weighted by atomic mass is 9.94. The first-order valence-electron chi connectivity index (χ1n) is 14.4. The van der Waals surface area contributed by atoms with Crippen molar-refractivity contribution in [3.63, 3.8) is 0 Å². The Morgan fingerprint density at radius 3 is 2.43 bits per heavy atom. The highest BCUT2D eigenvalue weighted by Gasteiger charge is 2.39. The van der Waals surface area contributed by atoms with Gasteiger partial charge in [0.25, 0.3) is 0 Å². The largest absolute Gasteiger partial charge is 0.354 e. The number of fused-ring (bicyclic) bond motifs is 1. The molecule has 42 heavy (non-hydrogen) atoms. The minimum absolute atomic E-state index is 0. The summed E-state index contributed by atoms with van der Waals surface area (Å²) in [6.07, 6.45) is 2.30. The van der Waals surface area contributed by atoms with Gasteiger partial charge in [-0.3, -0.25) is 14.4 Å². The van der Waals surface area contributed by atoms with Gasteiger partial charge in [0, 0.05) is 37.0 Å². The number of amides is 3. The average molecular weight is 597 g/mol. The maximum atomic E-state index is 13.8. The molecule has 3 N–H and O–H groups in total. The highest BCUT2D eigenvalue weighted by atomic mass is 35.5. The SMILES string of the molecule is CC(C)(C)C(=O)N1CCC[C@H]1C(=O)N[C@H](Cc1ccc2ccccc2c1)C(=O)NCCCNCc1ccccc1F.Cl. The van der Waals surface area contributed by atoms with Gasteiger partial charge >= 0.3 is 0 Å². The fraction of sp³-hybridized carbons (Fsp3) is 0.424. The van der Waals surface area contributed by atoms with Crippen LogP contribution < -0.4 is 16.0 Å². The monoisotopic (exact) mass is 596 g/mol. The Labute approximate surface area is 254 Å². The highest BCUT2D eigenvalue weighted by molar-refractivity contribution is 5.93. The molecule has 1 heterocycles. The molecule has 1 aliphatic rings. The maximum absolute atomic E-state index is 13.8. The van der Waals surface area contributed by atoms with Crippen LogP contribution in [0.3, 0.4) is 0 Å². The van der Waals surface area contributed by atoms with Crippen LogP contribution in [-0.2, 0) is 27.3 Å². The second-order valence-electron chi connectivity index (χ2n) is 11.8. The van der Waals surface area contributed by atoms with Gasteiger partial charge in [0.15, 0.2) is 0 Å². The van der Waals surface area contributed by atoms with Crippen molar-refractivity contribution < 1.29 is 18.8 Å². The molecule has 1 saturated heterocycles. The molecule has 1 aliphatic heterocycles. The van der Waals surface area contributed by atoms with E-state index in [2.05, 4.69) is 16.0 Å². The van der Waals surface area contributed by atoms with Gasteiger partial charge in [0.1, 0.15) is 17.9 Å². The topological polar surface area (TPSA) is 90.5 Å². The summed E-state index contributed by atoms with van der Waals surface area (Å²) >= 11 is 0. The fourth-order valence-electron chi connectivity index (χ4n) is 5.20. The molecular formula is C33H42ClFN4O3. The van der Waals surface area contributed by atoms with Crippen molar-refractivity contribution in [1.29, 1.82) is 0 Å². The fourth-order valence-corrected chi connectivity index (χ4v) is 5.20. The Kier molecular flexibility index (Phi) is 11.9. The van der Waals surface area contributed by atoms with Crippen LogP contribution in [-0.4, -0.2) is 54.3 Å². The molecule has 1 fully saturated rings. The predicted octanol–water partition coefficient (Wildman–Crippen LogP) is 4.76. The van der Waals surface area contributed by atoms with Crippen LogP contribution in [0.4, 0.5) is 4.39 Å². The quantitative estimate of drug-likeness (QED) is 0.278. The van der Waals surface area contributed by atoms with Crippen molar-refractivity contribution in [2.24, 2.45) is 5.41 Å². The third-order valence-electron chi connectivity index (χ3n) is 7.45. The summed E-state index contributed by atoms with van der Waals surface area (Å²) in [5.41, 5.74) is 0.941. The van der Waals surface area contributed by atoms with E-state index >= 15 is 0 Å². The van der Waals surface area contributed by atoms with Crippen molar-refractivity contribution in [2.75, 3.05) is 19.6 Å². The number of benzene rings is 3. The van der Waals surface area contributed by atoms with E-state index in [4.69, 9.17) is 0 Å². The van der Waals surface area contributed by atoms with Gasteiger partial charge in [-0.25, -0.2) is 4.39 Å². The number of hydrogen-bond acceptors (Lipinski definition) is 4. The summed E-state index contributed by atoms with van der Waals surface area (Å²) in [6.45, 7) is 7.51. The number of carbonyl (C=O) groups is 3. The van der Waals surface area contributed by atoms with E-state index in [1.165, 1.54) is 6.07 Å². The molecule has 2 atom stereocenters. The molecule has 0 spiro atoms. The minimum atomic E-state index is -0.790. The van der Waals surface area contributed by atoms with Gasteiger partial charge in [-0.1, -0.05) is 81.4 Å². The summed E-state index contributed by atoms with van der Waals surface area (Å²) in [6, 6.07) is 19.3. The van der Waals surface area contributed by atoms with E-state index in [-0.39, 0.29) is 35.9 Å². The first-order chi connectivity index (χ1) is 19.6. The zero-order chi connectivity index (χ0) is 29.4. The van der Waals surface area contributed by atoms with E-state index in [0.717, 1.165) is 22.8 Å². The van der Waals surface area contributed by atoms with Gasteiger partial charge in [0.05, 0.1) is 0 Å². The van der Waals surface area contributed by atoms with E-state index in [1.54, 1.807) is 23.1 Å².